The van der Waals surface area contributed by atoms with E-state index in [0.717, 1.165) is 17.7 Å². The van der Waals surface area contributed by atoms with Crippen LogP contribution >= 0.6 is 12.4 Å². The van der Waals surface area contributed by atoms with Gasteiger partial charge in [0.05, 0.1) is 25.8 Å². The minimum absolute atomic E-state index is 0. The van der Waals surface area contributed by atoms with Crippen LogP contribution in [0.1, 0.15) is 45.7 Å². The number of hydrogen-bond acceptors (Lipinski definition) is 4. The maximum atomic E-state index is 11.7. The van der Waals surface area contributed by atoms with Crippen LogP contribution in [0.3, 0.4) is 0 Å². The van der Waals surface area contributed by atoms with Crippen LogP contribution in [0.15, 0.2) is 18.2 Å². The lowest BCUT2D eigenvalue weighted by molar-refractivity contribution is -0.122. The number of nitrogens with two attached hydrogens (primary N) is 1. The maximum Gasteiger partial charge on any atom is 0.237 e. The van der Waals surface area contributed by atoms with Crippen molar-refractivity contribution in [1.82, 2.24) is 5.32 Å². The van der Waals surface area contributed by atoms with E-state index in [-0.39, 0.29) is 24.4 Å². The zero-order valence-electron chi connectivity index (χ0n) is 14.6. The smallest absolute Gasteiger partial charge is 0.237 e. The van der Waals surface area contributed by atoms with Gasteiger partial charge in [0.1, 0.15) is 0 Å². The molecule has 0 bridgehead atoms. The van der Waals surface area contributed by atoms with Crippen molar-refractivity contribution in [2.24, 2.45) is 11.7 Å². The van der Waals surface area contributed by atoms with Gasteiger partial charge in [-0.25, -0.2) is 0 Å². The second kappa shape index (κ2) is 10.3. The molecule has 1 aromatic carbocycles. The topological polar surface area (TPSA) is 73.6 Å². The van der Waals surface area contributed by atoms with E-state index in [2.05, 4.69) is 19.2 Å². The van der Waals surface area contributed by atoms with Crippen LogP contribution in [-0.4, -0.2) is 25.7 Å². The fourth-order valence-corrected chi connectivity index (χ4v) is 1.91. The van der Waals surface area contributed by atoms with E-state index in [0.29, 0.717) is 18.3 Å². The number of amides is 1. The van der Waals surface area contributed by atoms with Crippen LogP contribution in [0.5, 0.6) is 11.5 Å². The van der Waals surface area contributed by atoms with Crippen molar-refractivity contribution in [3.8, 4) is 11.5 Å². The Balaban J connectivity index is 0.00000484. The van der Waals surface area contributed by atoms with Gasteiger partial charge in [0, 0.05) is 0 Å². The molecule has 0 saturated carbocycles. The molecule has 2 atom stereocenters. The molecule has 0 spiro atoms. The van der Waals surface area contributed by atoms with E-state index >= 15 is 0 Å². The molecule has 6 heteroatoms. The summed E-state index contributed by atoms with van der Waals surface area (Å²) in [6.07, 6.45) is 0.992. The number of rotatable bonds is 8. The normalized spacial score (nSPS) is 13.0. The van der Waals surface area contributed by atoms with Crippen molar-refractivity contribution in [3.05, 3.63) is 23.8 Å². The highest BCUT2D eigenvalue weighted by atomic mass is 35.5. The predicted octanol–water partition coefficient (Wildman–Crippen LogP) is 3.07. The number of carbonyl (C=O) groups is 1. The van der Waals surface area contributed by atoms with Crippen molar-refractivity contribution >= 4 is 18.3 Å². The molecule has 0 radical (unpaired) electrons. The van der Waals surface area contributed by atoms with Gasteiger partial charge in [-0.2, -0.15) is 0 Å². The van der Waals surface area contributed by atoms with Gasteiger partial charge in [-0.1, -0.05) is 19.9 Å². The Morgan fingerprint density at radius 1 is 1.22 bits per heavy atom. The molecule has 0 saturated heterocycles. The maximum absolute atomic E-state index is 11.7. The molecule has 132 valence electrons. The van der Waals surface area contributed by atoms with Crippen LogP contribution in [0.25, 0.3) is 0 Å². The average molecular weight is 345 g/mol. The minimum Gasteiger partial charge on any atom is -0.493 e. The van der Waals surface area contributed by atoms with Crippen molar-refractivity contribution in [2.75, 3.05) is 13.7 Å². The zero-order valence-corrected chi connectivity index (χ0v) is 15.4. The third-order valence-corrected chi connectivity index (χ3v) is 3.41. The van der Waals surface area contributed by atoms with Crippen LogP contribution in [0.4, 0.5) is 0 Å². The number of ether oxygens (including phenoxy) is 2. The molecule has 3 N–H and O–H groups in total. The number of halogens is 1. The number of benzene rings is 1. The Labute approximate surface area is 145 Å². The molecule has 0 fully saturated rings. The van der Waals surface area contributed by atoms with Gasteiger partial charge in [0.15, 0.2) is 11.5 Å². The summed E-state index contributed by atoms with van der Waals surface area (Å²) < 4.78 is 11.1. The van der Waals surface area contributed by atoms with Crippen LogP contribution in [-0.2, 0) is 4.79 Å². The van der Waals surface area contributed by atoms with Crippen LogP contribution in [0.2, 0.25) is 0 Å². The molecule has 1 unspecified atom stereocenters. The first kappa shape index (κ1) is 21.5. The predicted molar refractivity (Wildman–Crippen MR) is 95.4 cm³/mol. The van der Waals surface area contributed by atoms with Gasteiger partial charge in [-0.15, -0.1) is 12.4 Å². The lowest BCUT2D eigenvalue weighted by Gasteiger charge is -2.18. The van der Waals surface area contributed by atoms with Gasteiger partial charge in [-0.05, 0) is 43.9 Å². The molecular formula is C17H29ClN2O3. The molecule has 0 heterocycles. The first-order chi connectivity index (χ1) is 10.3. The van der Waals surface area contributed by atoms with Crippen molar-refractivity contribution in [2.45, 2.75) is 46.2 Å². The van der Waals surface area contributed by atoms with Gasteiger partial charge < -0.3 is 20.5 Å². The fraction of sp³-hybridized carbons (Fsp3) is 0.588. The second-order valence-corrected chi connectivity index (χ2v) is 5.96. The summed E-state index contributed by atoms with van der Waals surface area (Å²) in [5.74, 6) is 1.81. The highest BCUT2D eigenvalue weighted by Crippen LogP contribution is 2.30. The van der Waals surface area contributed by atoms with Crippen molar-refractivity contribution in [3.63, 3.8) is 0 Å². The van der Waals surface area contributed by atoms with E-state index < -0.39 is 6.04 Å². The molecule has 0 aliphatic heterocycles. The Bertz CT molecular complexity index is 493. The van der Waals surface area contributed by atoms with Crippen molar-refractivity contribution < 1.29 is 14.3 Å². The molecule has 0 aromatic heterocycles. The van der Waals surface area contributed by atoms with E-state index in [1.165, 1.54) is 0 Å². The summed E-state index contributed by atoms with van der Waals surface area (Å²) in [5, 5.41) is 2.86. The Morgan fingerprint density at radius 3 is 2.39 bits per heavy atom. The highest BCUT2D eigenvalue weighted by Gasteiger charge is 2.15. The number of carbonyl (C=O) groups excluding carboxylic acids is 1. The lowest BCUT2D eigenvalue weighted by Crippen LogP contribution is -2.39. The standard InChI is InChI=1S/C17H28N2O3.ClH/c1-11(2)8-9-22-15-7-6-14(10-16(15)21-5)13(4)19-17(20)12(3)18;/h6-7,10-13H,8-9,18H2,1-5H3,(H,19,20);1H/t12-,13?;/m0./s1. The van der Waals surface area contributed by atoms with E-state index in [9.17, 15) is 4.79 Å². The summed E-state index contributed by atoms with van der Waals surface area (Å²) >= 11 is 0. The average Bonchev–Trinajstić information content (AvgIpc) is 2.46. The molecule has 5 nitrogen and oxygen atoms in total. The fourth-order valence-electron chi connectivity index (χ4n) is 1.91. The molecular weight excluding hydrogens is 316 g/mol. The first-order valence-electron chi connectivity index (χ1n) is 7.71. The third kappa shape index (κ3) is 7.10. The molecule has 0 aliphatic carbocycles. The van der Waals surface area contributed by atoms with E-state index in [1.54, 1.807) is 14.0 Å². The summed E-state index contributed by atoms with van der Waals surface area (Å²) in [6.45, 7) is 8.55. The molecule has 0 aliphatic rings. The van der Waals surface area contributed by atoms with E-state index in [1.807, 2.05) is 25.1 Å². The van der Waals surface area contributed by atoms with Gasteiger partial charge in [-0.3, -0.25) is 4.79 Å². The van der Waals surface area contributed by atoms with Gasteiger partial charge >= 0.3 is 0 Å². The van der Waals surface area contributed by atoms with E-state index in [4.69, 9.17) is 15.2 Å². The Kier molecular flexibility index (Phi) is 9.68. The van der Waals surface area contributed by atoms with Crippen molar-refractivity contribution in [1.29, 1.82) is 0 Å². The summed E-state index contributed by atoms with van der Waals surface area (Å²) in [4.78, 5) is 11.7. The quantitative estimate of drug-likeness (QED) is 0.760. The SMILES string of the molecule is COc1cc(C(C)NC(=O)[C@H](C)N)ccc1OCCC(C)C.Cl. The minimum atomic E-state index is -0.525. The first-order valence-corrected chi connectivity index (χ1v) is 7.71. The number of hydrogen-bond donors (Lipinski definition) is 2. The van der Waals surface area contributed by atoms with Gasteiger partial charge in [0.2, 0.25) is 5.91 Å². The summed E-state index contributed by atoms with van der Waals surface area (Å²) in [7, 11) is 1.61. The molecule has 1 aromatic rings. The van der Waals surface area contributed by atoms with Crippen LogP contribution in [0, 0.1) is 5.92 Å². The monoisotopic (exact) mass is 344 g/mol. The molecule has 1 rings (SSSR count). The zero-order chi connectivity index (χ0) is 16.7. The summed E-state index contributed by atoms with van der Waals surface area (Å²) in [6, 6.07) is 5.03. The number of nitrogens with one attached hydrogen (secondary N) is 1. The number of methoxy groups -OCH3 is 1. The summed E-state index contributed by atoms with van der Waals surface area (Å²) in [5.41, 5.74) is 6.51. The second-order valence-electron chi connectivity index (χ2n) is 5.96. The molecule has 1 amide bonds. The van der Waals surface area contributed by atoms with Crippen LogP contribution < -0.4 is 20.5 Å². The third-order valence-electron chi connectivity index (χ3n) is 3.41. The Hall–Kier alpha value is -1.46. The highest BCUT2D eigenvalue weighted by molar-refractivity contribution is 5.85. The largest absolute Gasteiger partial charge is 0.493 e. The lowest BCUT2D eigenvalue weighted by atomic mass is 10.1. The molecule has 23 heavy (non-hydrogen) atoms. The van der Waals surface area contributed by atoms with Gasteiger partial charge in [0.25, 0.3) is 0 Å². The Morgan fingerprint density at radius 2 is 1.87 bits per heavy atom.